The van der Waals surface area contributed by atoms with Crippen LogP contribution in [0, 0.1) is 5.92 Å². The molecule has 0 aliphatic rings. The van der Waals surface area contributed by atoms with Crippen molar-refractivity contribution in [2.75, 3.05) is 7.11 Å². The van der Waals surface area contributed by atoms with Crippen LogP contribution in [0.2, 0.25) is 0 Å². The molecule has 4 heteroatoms. The van der Waals surface area contributed by atoms with Gasteiger partial charge in [0.05, 0.1) is 11.9 Å². The van der Waals surface area contributed by atoms with Crippen molar-refractivity contribution in [1.82, 2.24) is 0 Å². The Labute approximate surface area is 95.9 Å². The van der Waals surface area contributed by atoms with Crippen LogP contribution in [0.1, 0.15) is 47.5 Å². The van der Waals surface area contributed by atoms with Crippen LogP contribution in [0.4, 0.5) is 0 Å². The lowest BCUT2D eigenvalue weighted by Crippen LogP contribution is -2.23. The molecule has 0 N–H and O–H groups in total. The summed E-state index contributed by atoms with van der Waals surface area (Å²) in [6.07, 6.45) is 2.08. The molecule has 90 valence electrons. The average molecular weight is 233 g/mol. The van der Waals surface area contributed by atoms with Crippen LogP contribution in [-0.2, 0) is 15.7 Å². The highest BCUT2D eigenvalue weighted by Gasteiger charge is 2.21. The molecule has 0 saturated carbocycles. The third kappa shape index (κ3) is 5.30. The normalized spacial score (nSPS) is 17.3. The van der Waals surface area contributed by atoms with Gasteiger partial charge in [-0.3, -0.25) is 0 Å². The highest BCUT2D eigenvalue weighted by Crippen LogP contribution is 2.15. The van der Waals surface area contributed by atoms with Crippen molar-refractivity contribution >= 4 is 16.9 Å². The zero-order chi connectivity index (χ0) is 12.1. The summed E-state index contributed by atoms with van der Waals surface area (Å²) in [5.41, 5.74) is 0. The quantitative estimate of drug-likeness (QED) is 0.553. The Morgan fingerprint density at radius 1 is 1.47 bits per heavy atom. The predicted octanol–water partition coefficient (Wildman–Crippen LogP) is 2.93. The van der Waals surface area contributed by atoms with E-state index in [0.29, 0.717) is 5.90 Å². The van der Waals surface area contributed by atoms with E-state index in [1.807, 2.05) is 27.7 Å². The van der Waals surface area contributed by atoms with E-state index in [0.717, 1.165) is 12.8 Å². The van der Waals surface area contributed by atoms with Crippen molar-refractivity contribution in [3.8, 4) is 0 Å². The van der Waals surface area contributed by atoms with E-state index in [9.17, 15) is 4.21 Å². The molecule has 0 rings (SSSR count). The molecule has 0 saturated heterocycles. The first-order valence-electron chi connectivity index (χ1n) is 5.37. The first-order valence-corrected chi connectivity index (χ1v) is 6.48. The van der Waals surface area contributed by atoms with Gasteiger partial charge in [0.2, 0.25) is 0 Å². The van der Waals surface area contributed by atoms with Crippen molar-refractivity contribution in [2.45, 2.75) is 52.2 Å². The molecule has 0 aromatic rings. The Balaban J connectivity index is 4.66. The zero-order valence-corrected chi connectivity index (χ0v) is 11.5. The summed E-state index contributed by atoms with van der Waals surface area (Å²) in [6.45, 7) is 9.88. The number of rotatable bonds is 4. The summed E-state index contributed by atoms with van der Waals surface area (Å²) in [5, 5.41) is 0. The van der Waals surface area contributed by atoms with Crippen LogP contribution < -0.4 is 0 Å². The summed E-state index contributed by atoms with van der Waals surface area (Å²) in [6, 6.07) is 0. The average Bonchev–Trinajstić information content (AvgIpc) is 2.12. The predicted molar refractivity (Wildman–Crippen MR) is 66.4 cm³/mol. The number of ether oxygens (including phenoxy) is 1. The third-order valence-electron chi connectivity index (χ3n) is 2.05. The molecule has 0 radical (unpaired) electrons. The maximum atomic E-state index is 11.8. The van der Waals surface area contributed by atoms with Crippen molar-refractivity contribution in [1.29, 1.82) is 0 Å². The zero-order valence-electron chi connectivity index (χ0n) is 10.7. The van der Waals surface area contributed by atoms with Gasteiger partial charge >= 0.3 is 0 Å². The minimum atomic E-state index is -1.23. The molecule has 0 spiro atoms. The van der Waals surface area contributed by atoms with Crippen LogP contribution in [0.3, 0.4) is 0 Å². The second-order valence-corrected chi connectivity index (χ2v) is 6.59. The Hall–Kier alpha value is -0.380. The van der Waals surface area contributed by atoms with Crippen LogP contribution in [0.25, 0.3) is 0 Å². The molecule has 0 aromatic carbocycles. The minimum Gasteiger partial charge on any atom is -0.483 e. The molecule has 2 atom stereocenters. The van der Waals surface area contributed by atoms with Gasteiger partial charge in [-0.2, -0.15) is 4.40 Å². The lowest BCUT2D eigenvalue weighted by Gasteiger charge is -2.17. The van der Waals surface area contributed by atoms with E-state index < -0.39 is 11.0 Å². The van der Waals surface area contributed by atoms with Gasteiger partial charge in [0.15, 0.2) is 5.90 Å². The number of methoxy groups -OCH3 is 1. The second-order valence-electron chi connectivity index (χ2n) is 4.68. The van der Waals surface area contributed by atoms with E-state index >= 15 is 0 Å². The molecule has 3 nitrogen and oxygen atoms in total. The highest BCUT2D eigenvalue weighted by molar-refractivity contribution is 7.85. The smallest absolute Gasteiger partial charge is 0.200 e. The van der Waals surface area contributed by atoms with Gasteiger partial charge in [0.1, 0.15) is 11.0 Å². The van der Waals surface area contributed by atoms with Gasteiger partial charge in [-0.25, -0.2) is 4.21 Å². The second kappa shape index (κ2) is 6.26. The van der Waals surface area contributed by atoms with E-state index in [-0.39, 0.29) is 10.7 Å². The Morgan fingerprint density at radius 3 is 2.33 bits per heavy atom. The first kappa shape index (κ1) is 14.6. The van der Waals surface area contributed by atoms with Crippen molar-refractivity contribution in [3.63, 3.8) is 0 Å². The molecule has 0 heterocycles. The summed E-state index contributed by atoms with van der Waals surface area (Å²) in [4.78, 5) is 0. The van der Waals surface area contributed by atoms with E-state index in [1.165, 1.54) is 0 Å². The summed E-state index contributed by atoms with van der Waals surface area (Å²) in [5.74, 6) is 0.844. The number of hydrogen-bond donors (Lipinski definition) is 0. The maximum absolute atomic E-state index is 11.8. The van der Waals surface area contributed by atoms with E-state index in [1.54, 1.807) is 7.11 Å². The molecule has 0 aliphatic heterocycles. The number of hydrogen-bond acceptors (Lipinski definition) is 2. The van der Waals surface area contributed by atoms with Crippen LogP contribution in [0.5, 0.6) is 0 Å². The maximum Gasteiger partial charge on any atom is 0.200 e. The molecular weight excluding hydrogens is 210 g/mol. The Bertz CT molecular complexity index is 243. The van der Waals surface area contributed by atoms with Gasteiger partial charge < -0.3 is 4.74 Å². The van der Waals surface area contributed by atoms with Crippen molar-refractivity contribution in [2.24, 2.45) is 10.3 Å². The Kier molecular flexibility index (Phi) is 6.10. The SMILES string of the molecule is CCC[C@@H](C)C(=N[S@](=O)C(C)(C)C)OC. The fraction of sp³-hybridized carbons (Fsp3) is 0.909. The summed E-state index contributed by atoms with van der Waals surface area (Å²) in [7, 11) is 0.360. The summed E-state index contributed by atoms with van der Waals surface area (Å²) >= 11 is 0. The van der Waals surface area contributed by atoms with Gasteiger partial charge in [-0.15, -0.1) is 0 Å². The fourth-order valence-corrected chi connectivity index (χ4v) is 1.80. The van der Waals surface area contributed by atoms with Crippen molar-refractivity contribution in [3.05, 3.63) is 0 Å². The largest absolute Gasteiger partial charge is 0.483 e. The lowest BCUT2D eigenvalue weighted by atomic mass is 10.1. The Morgan fingerprint density at radius 2 is 2.00 bits per heavy atom. The molecule has 0 unspecified atom stereocenters. The molecule has 0 fully saturated rings. The monoisotopic (exact) mass is 233 g/mol. The molecular formula is C11H23NO2S. The standard InChI is InChI=1S/C11H23NO2S/c1-7-8-9(2)10(14-6)12-15(13)11(3,4)5/h9H,7-8H2,1-6H3/t9-,15-/m1/s1. The van der Waals surface area contributed by atoms with Gasteiger partial charge in [0.25, 0.3) is 0 Å². The van der Waals surface area contributed by atoms with Crippen molar-refractivity contribution < 1.29 is 8.95 Å². The first-order chi connectivity index (χ1) is 6.82. The highest BCUT2D eigenvalue weighted by atomic mass is 32.2. The number of nitrogens with zero attached hydrogens (tertiary/aromatic N) is 1. The van der Waals surface area contributed by atoms with Gasteiger partial charge in [-0.05, 0) is 27.2 Å². The van der Waals surface area contributed by atoms with E-state index in [2.05, 4.69) is 11.3 Å². The van der Waals surface area contributed by atoms with Crippen LogP contribution >= 0.6 is 0 Å². The van der Waals surface area contributed by atoms with Gasteiger partial charge in [-0.1, -0.05) is 20.3 Å². The van der Waals surface area contributed by atoms with Crippen LogP contribution in [-0.4, -0.2) is 22.0 Å². The fourth-order valence-electron chi connectivity index (χ4n) is 1.10. The molecule has 0 bridgehead atoms. The summed E-state index contributed by atoms with van der Waals surface area (Å²) < 4.78 is 20.8. The molecule has 0 aromatic heterocycles. The minimum absolute atomic E-state index is 0.242. The van der Waals surface area contributed by atoms with Gasteiger partial charge in [0, 0.05) is 5.92 Å². The third-order valence-corrected chi connectivity index (χ3v) is 3.44. The molecule has 15 heavy (non-hydrogen) atoms. The molecule has 0 amide bonds. The topological polar surface area (TPSA) is 38.7 Å². The lowest BCUT2D eigenvalue weighted by molar-refractivity contribution is 0.366. The molecule has 0 aliphatic carbocycles. The van der Waals surface area contributed by atoms with E-state index in [4.69, 9.17) is 4.74 Å². The van der Waals surface area contributed by atoms with Crippen LogP contribution in [0.15, 0.2) is 4.40 Å².